The van der Waals surface area contributed by atoms with Gasteiger partial charge in [-0.2, -0.15) is 0 Å². The van der Waals surface area contributed by atoms with E-state index >= 15 is 0 Å². The molecule has 0 heterocycles. The Morgan fingerprint density at radius 2 is 1.83 bits per heavy atom. The number of hydrogen-bond acceptors (Lipinski definition) is 2. The molecule has 1 fully saturated rings. The predicted octanol–water partition coefficient (Wildman–Crippen LogP) is 2.61. The molecule has 12 heavy (non-hydrogen) atoms. The third kappa shape index (κ3) is 1.64. The Morgan fingerprint density at radius 1 is 1.08 bits per heavy atom. The summed E-state index contributed by atoms with van der Waals surface area (Å²) in [5, 5.41) is 4.02. The molecule has 0 atom stereocenters. The molecular weight excluding hydrogens is 150 g/mol. The second kappa shape index (κ2) is 3.39. The van der Waals surface area contributed by atoms with Crippen LogP contribution in [0.1, 0.15) is 19.3 Å². The van der Waals surface area contributed by atoms with Gasteiger partial charge in [0.2, 0.25) is 0 Å². The highest BCUT2D eigenvalue weighted by Gasteiger charge is 2.10. The van der Waals surface area contributed by atoms with Gasteiger partial charge in [0, 0.05) is 0 Å². The Hall–Kier alpha value is -1.31. The second-order valence-electron chi connectivity index (χ2n) is 2.92. The van der Waals surface area contributed by atoms with Crippen molar-refractivity contribution in [3.63, 3.8) is 0 Å². The second-order valence-corrected chi connectivity index (χ2v) is 2.92. The Morgan fingerprint density at radius 3 is 2.42 bits per heavy atom. The molecule has 1 saturated carbocycles. The van der Waals surface area contributed by atoms with E-state index in [0.29, 0.717) is 0 Å². The summed E-state index contributed by atoms with van der Waals surface area (Å²) in [4.78, 5) is 5.20. The molecule has 2 heteroatoms. The first-order valence-electron chi connectivity index (χ1n) is 4.23. The maximum absolute atomic E-state index is 5.20. The van der Waals surface area contributed by atoms with Crippen molar-refractivity contribution >= 4 is 5.71 Å². The van der Waals surface area contributed by atoms with Gasteiger partial charge < -0.3 is 4.84 Å². The summed E-state index contributed by atoms with van der Waals surface area (Å²) < 4.78 is 0. The highest BCUT2D eigenvalue weighted by Crippen LogP contribution is 2.16. The first kappa shape index (κ1) is 7.35. The average Bonchev–Trinajstić information content (AvgIpc) is 2.04. The van der Waals surface area contributed by atoms with Crippen LogP contribution in [0, 0.1) is 0 Å². The number of hydrogen-bond donors (Lipinski definition) is 0. The largest absolute Gasteiger partial charge is 0.357 e. The van der Waals surface area contributed by atoms with Crippen LogP contribution in [0.25, 0.3) is 0 Å². The lowest BCUT2D eigenvalue weighted by Crippen LogP contribution is -2.10. The van der Waals surface area contributed by atoms with Gasteiger partial charge in [0.15, 0.2) is 5.75 Å². The monoisotopic (exact) mass is 161 g/mol. The summed E-state index contributed by atoms with van der Waals surface area (Å²) in [7, 11) is 0. The van der Waals surface area contributed by atoms with Crippen LogP contribution in [-0.2, 0) is 0 Å². The third-order valence-corrected chi connectivity index (χ3v) is 1.95. The lowest BCUT2D eigenvalue weighted by molar-refractivity contribution is 0.335. The molecule has 0 spiro atoms. The summed E-state index contributed by atoms with van der Waals surface area (Å²) >= 11 is 0. The lowest BCUT2D eigenvalue weighted by atomic mass is 9.98. The van der Waals surface area contributed by atoms with E-state index in [1.165, 1.54) is 12.1 Å². The van der Waals surface area contributed by atoms with E-state index in [1.807, 2.05) is 30.3 Å². The standard InChI is InChI=1S/C10H11NO/c1-2-7-10(8-3-1)12-11-9-5-4-6-9/h1-3,7-8H,4-6H2. The van der Waals surface area contributed by atoms with Gasteiger partial charge in [-0.15, -0.1) is 0 Å². The zero-order chi connectivity index (χ0) is 8.23. The SMILES string of the molecule is c1ccc(ON=C2CCC2)cc1. The zero-order valence-electron chi connectivity index (χ0n) is 6.86. The molecule has 2 nitrogen and oxygen atoms in total. The van der Waals surface area contributed by atoms with Gasteiger partial charge in [0.25, 0.3) is 0 Å². The normalized spacial score (nSPS) is 15.2. The van der Waals surface area contributed by atoms with Crippen LogP contribution < -0.4 is 4.84 Å². The summed E-state index contributed by atoms with van der Waals surface area (Å²) in [6, 6.07) is 9.65. The number of rotatable bonds is 2. The van der Waals surface area contributed by atoms with E-state index in [0.717, 1.165) is 18.6 Å². The van der Waals surface area contributed by atoms with Gasteiger partial charge in [-0.05, 0) is 31.4 Å². The van der Waals surface area contributed by atoms with E-state index in [9.17, 15) is 0 Å². The fourth-order valence-electron chi connectivity index (χ4n) is 1.02. The molecule has 0 aliphatic heterocycles. The Balaban J connectivity index is 1.95. The number of para-hydroxylation sites is 1. The van der Waals surface area contributed by atoms with Crippen molar-refractivity contribution in [3.05, 3.63) is 30.3 Å². The highest BCUT2D eigenvalue weighted by molar-refractivity contribution is 5.88. The van der Waals surface area contributed by atoms with Crippen LogP contribution in [-0.4, -0.2) is 5.71 Å². The summed E-state index contributed by atoms with van der Waals surface area (Å²) in [5.41, 5.74) is 1.18. The minimum absolute atomic E-state index is 0.817. The van der Waals surface area contributed by atoms with Crippen molar-refractivity contribution in [1.29, 1.82) is 0 Å². The minimum Gasteiger partial charge on any atom is -0.357 e. The van der Waals surface area contributed by atoms with Gasteiger partial charge in [-0.3, -0.25) is 0 Å². The van der Waals surface area contributed by atoms with Crippen LogP contribution in [0.15, 0.2) is 35.5 Å². The van der Waals surface area contributed by atoms with Crippen LogP contribution in [0.5, 0.6) is 5.75 Å². The molecular formula is C10H11NO. The maximum Gasteiger partial charge on any atom is 0.157 e. The molecule has 0 saturated heterocycles. The van der Waals surface area contributed by atoms with Crippen molar-refractivity contribution in [3.8, 4) is 5.75 Å². The molecule has 0 N–H and O–H groups in total. The molecule has 0 bridgehead atoms. The minimum atomic E-state index is 0.817. The molecule has 1 aliphatic carbocycles. The average molecular weight is 161 g/mol. The van der Waals surface area contributed by atoms with E-state index in [-0.39, 0.29) is 0 Å². The molecule has 0 radical (unpaired) electrons. The quantitative estimate of drug-likeness (QED) is 0.611. The summed E-state index contributed by atoms with van der Waals surface area (Å²) in [5.74, 6) is 0.817. The predicted molar refractivity (Wildman–Crippen MR) is 48.4 cm³/mol. The smallest absolute Gasteiger partial charge is 0.157 e. The number of benzene rings is 1. The van der Waals surface area contributed by atoms with Gasteiger partial charge >= 0.3 is 0 Å². The fourth-order valence-corrected chi connectivity index (χ4v) is 1.02. The van der Waals surface area contributed by atoms with Crippen LogP contribution >= 0.6 is 0 Å². The Labute approximate surface area is 71.8 Å². The van der Waals surface area contributed by atoms with Crippen molar-refractivity contribution in [2.24, 2.45) is 5.16 Å². The fraction of sp³-hybridized carbons (Fsp3) is 0.300. The zero-order valence-corrected chi connectivity index (χ0v) is 6.86. The van der Waals surface area contributed by atoms with Crippen LogP contribution in [0.3, 0.4) is 0 Å². The maximum atomic E-state index is 5.20. The molecule has 1 aromatic rings. The lowest BCUT2D eigenvalue weighted by Gasteiger charge is -2.12. The molecule has 0 amide bonds. The van der Waals surface area contributed by atoms with E-state index in [4.69, 9.17) is 4.84 Å². The van der Waals surface area contributed by atoms with Crippen molar-refractivity contribution in [2.45, 2.75) is 19.3 Å². The van der Waals surface area contributed by atoms with Gasteiger partial charge in [0.1, 0.15) is 0 Å². The first-order chi connectivity index (χ1) is 5.95. The molecule has 62 valence electrons. The van der Waals surface area contributed by atoms with Gasteiger partial charge in [-0.1, -0.05) is 23.4 Å². The number of nitrogens with zero attached hydrogens (tertiary/aromatic N) is 1. The van der Waals surface area contributed by atoms with Crippen molar-refractivity contribution in [2.75, 3.05) is 0 Å². The van der Waals surface area contributed by atoms with Crippen LogP contribution in [0.4, 0.5) is 0 Å². The summed E-state index contributed by atoms with van der Waals surface area (Å²) in [6.45, 7) is 0. The topological polar surface area (TPSA) is 21.6 Å². The van der Waals surface area contributed by atoms with Gasteiger partial charge in [-0.25, -0.2) is 0 Å². The van der Waals surface area contributed by atoms with Crippen molar-refractivity contribution in [1.82, 2.24) is 0 Å². The highest BCUT2D eigenvalue weighted by atomic mass is 16.6. The Kier molecular flexibility index (Phi) is 2.08. The molecule has 0 unspecified atom stereocenters. The number of oxime groups is 1. The molecule has 0 aromatic heterocycles. The third-order valence-electron chi connectivity index (χ3n) is 1.95. The van der Waals surface area contributed by atoms with E-state index in [2.05, 4.69) is 5.16 Å². The first-order valence-corrected chi connectivity index (χ1v) is 4.23. The summed E-state index contributed by atoms with van der Waals surface area (Å²) in [6.07, 6.45) is 3.47. The Bertz CT molecular complexity index is 273. The van der Waals surface area contributed by atoms with Crippen LogP contribution in [0.2, 0.25) is 0 Å². The van der Waals surface area contributed by atoms with E-state index < -0.39 is 0 Å². The van der Waals surface area contributed by atoms with Crippen molar-refractivity contribution < 1.29 is 4.84 Å². The molecule has 1 aliphatic rings. The molecule has 2 rings (SSSR count). The molecule has 1 aromatic carbocycles. The van der Waals surface area contributed by atoms with Gasteiger partial charge in [0.05, 0.1) is 5.71 Å². The van der Waals surface area contributed by atoms with E-state index in [1.54, 1.807) is 0 Å².